The largest absolute Gasteiger partial charge is 0.478 e. The highest BCUT2D eigenvalue weighted by atomic mass is 35.5. The van der Waals surface area contributed by atoms with Crippen molar-refractivity contribution in [1.29, 1.82) is 0 Å². The Hall–Kier alpha value is -2.18. The number of para-hydroxylation sites is 1. The SMILES string of the molecule is Cl.Cl.O=C(O)c1c(CN2CCCC(C3CCNCC3)C2)c(-c2ccccc2)nc2ccccc12. The van der Waals surface area contributed by atoms with E-state index < -0.39 is 5.97 Å². The van der Waals surface area contributed by atoms with E-state index in [9.17, 15) is 9.90 Å². The molecule has 1 unspecified atom stereocenters. The molecule has 2 aromatic carbocycles. The molecule has 0 saturated carbocycles. The molecular weight excluding hydrogens is 469 g/mol. The molecule has 2 fully saturated rings. The van der Waals surface area contributed by atoms with Crippen LogP contribution in [-0.4, -0.2) is 47.1 Å². The molecule has 2 aliphatic rings. The second kappa shape index (κ2) is 12.0. The topological polar surface area (TPSA) is 65.5 Å². The van der Waals surface area contributed by atoms with E-state index in [2.05, 4.69) is 10.2 Å². The van der Waals surface area contributed by atoms with Crippen LogP contribution in [0.25, 0.3) is 22.2 Å². The van der Waals surface area contributed by atoms with Crippen LogP contribution in [0.3, 0.4) is 0 Å². The summed E-state index contributed by atoms with van der Waals surface area (Å²) in [6.07, 6.45) is 4.98. The maximum atomic E-state index is 12.5. The Balaban J connectivity index is 0.00000162. The van der Waals surface area contributed by atoms with Crippen molar-refractivity contribution in [2.45, 2.75) is 32.2 Å². The van der Waals surface area contributed by atoms with Crippen molar-refractivity contribution in [1.82, 2.24) is 15.2 Å². The van der Waals surface area contributed by atoms with Gasteiger partial charge in [-0.05, 0) is 63.2 Å². The first-order chi connectivity index (χ1) is 15.7. The molecule has 0 bridgehead atoms. The van der Waals surface area contributed by atoms with Crippen LogP contribution < -0.4 is 5.32 Å². The monoisotopic (exact) mass is 501 g/mol. The Kier molecular flexibility index (Phi) is 9.31. The Bertz CT molecular complexity index is 1100. The molecule has 7 heteroatoms. The van der Waals surface area contributed by atoms with Gasteiger partial charge in [-0.25, -0.2) is 9.78 Å². The number of hydrogen-bond acceptors (Lipinski definition) is 4. The van der Waals surface area contributed by atoms with E-state index in [4.69, 9.17) is 4.98 Å². The van der Waals surface area contributed by atoms with Crippen molar-refractivity contribution in [3.05, 3.63) is 65.7 Å². The predicted molar refractivity (Wildman–Crippen MR) is 142 cm³/mol. The molecule has 5 nitrogen and oxygen atoms in total. The van der Waals surface area contributed by atoms with Gasteiger partial charge in [0.2, 0.25) is 0 Å². The lowest BCUT2D eigenvalue weighted by atomic mass is 9.80. The molecule has 3 heterocycles. The minimum atomic E-state index is -0.873. The van der Waals surface area contributed by atoms with Gasteiger partial charge in [0.1, 0.15) is 0 Å². The van der Waals surface area contributed by atoms with Gasteiger partial charge in [0.05, 0.1) is 16.8 Å². The highest BCUT2D eigenvalue weighted by Crippen LogP contribution is 2.34. The van der Waals surface area contributed by atoms with Crippen LogP contribution in [-0.2, 0) is 6.54 Å². The maximum absolute atomic E-state index is 12.5. The fraction of sp³-hybridized carbons (Fsp3) is 0.407. The molecule has 0 aliphatic carbocycles. The van der Waals surface area contributed by atoms with Gasteiger partial charge in [-0.2, -0.15) is 0 Å². The van der Waals surface area contributed by atoms with Crippen LogP contribution in [0, 0.1) is 11.8 Å². The van der Waals surface area contributed by atoms with Crippen molar-refractivity contribution in [2.24, 2.45) is 11.8 Å². The molecule has 2 N–H and O–H groups in total. The van der Waals surface area contributed by atoms with Crippen molar-refractivity contribution < 1.29 is 9.90 Å². The zero-order chi connectivity index (χ0) is 21.9. The van der Waals surface area contributed by atoms with E-state index in [0.29, 0.717) is 18.0 Å². The molecule has 182 valence electrons. The van der Waals surface area contributed by atoms with Crippen molar-refractivity contribution in [3.8, 4) is 11.3 Å². The molecular formula is C27H33Cl2N3O2. The van der Waals surface area contributed by atoms with Crippen LogP contribution >= 0.6 is 24.8 Å². The summed E-state index contributed by atoms with van der Waals surface area (Å²) in [4.78, 5) is 20.0. The Morgan fingerprint density at radius 2 is 1.68 bits per heavy atom. The molecule has 1 aromatic heterocycles. The number of halogens is 2. The van der Waals surface area contributed by atoms with E-state index >= 15 is 0 Å². The zero-order valence-electron chi connectivity index (χ0n) is 19.3. The molecule has 0 amide bonds. The summed E-state index contributed by atoms with van der Waals surface area (Å²) in [5.41, 5.74) is 3.75. The van der Waals surface area contributed by atoms with Crippen molar-refractivity contribution in [3.63, 3.8) is 0 Å². The molecule has 34 heavy (non-hydrogen) atoms. The van der Waals surface area contributed by atoms with Crippen LogP contribution in [0.2, 0.25) is 0 Å². The van der Waals surface area contributed by atoms with Gasteiger partial charge in [0.25, 0.3) is 0 Å². The molecule has 0 spiro atoms. The number of piperidine rings is 2. The molecule has 0 radical (unpaired) electrons. The van der Waals surface area contributed by atoms with Gasteiger partial charge in [-0.1, -0.05) is 48.5 Å². The number of carboxylic acid groups (broad SMARTS) is 1. The fourth-order valence-electron chi connectivity index (χ4n) is 5.64. The highest BCUT2D eigenvalue weighted by Gasteiger charge is 2.30. The number of rotatable bonds is 5. The summed E-state index contributed by atoms with van der Waals surface area (Å²) in [5.74, 6) is 0.608. The average Bonchev–Trinajstić information content (AvgIpc) is 2.84. The standard InChI is InChI=1S/C27H31N3O2.2ClH/c31-27(32)25-22-10-4-5-11-24(22)29-26(20-7-2-1-3-8-20)23(25)18-30-16-6-9-21(17-30)19-12-14-28-15-13-19;;/h1-5,7-8,10-11,19,21,28H,6,9,12-18H2,(H,31,32);2*1H. The molecule has 3 aromatic rings. The van der Waals surface area contributed by atoms with Crippen molar-refractivity contribution in [2.75, 3.05) is 26.2 Å². The maximum Gasteiger partial charge on any atom is 0.336 e. The number of aromatic carboxylic acids is 1. The second-order valence-corrected chi connectivity index (χ2v) is 9.23. The minimum absolute atomic E-state index is 0. The number of carbonyl (C=O) groups is 1. The molecule has 5 rings (SSSR count). The van der Waals surface area contributed by atoms with E-state index in [0.717, 1.165) is 59.8 Å². The van der Waals surface area contributed by atoms with Crippen LogP contribution in [0.15, 0.2) is 54.6 Å². The van der Waals surface area contributed by atoms with Crippen LogP contribution in [0.1, 0.15) is 41.6 Å². The van der Waals surface area contributed by atoms with Crippen LogP contribution in [0.4, 0.5) is 0 Å². The number of nitrogens with zero attached hydrogens (tertiary/aromatic N) is 2. The second-order valence-electron chi connectivity index (χ2n) is 9.23. The van der Waals surface area contributed by atoms with Gasteiger partial charge in [0, 0.05) is 29.6 Å². The summed E-state index contributed by atoms with van der Waals surface area (Å²) in [7, 11) is 0. The van der Waals surface area contributed by atoms with E-state index in [-0.39, 0.29) is 24.8 Å². The molecule has 1 atom stereocenters. The van der Waals surface area contributed by atoms with Gasteiger partial charge in [-0.3, -0.25) is 4.90 Å². The third-order valence-electron chi connectivity index (χ3n) is 7.23. The smallest absolute Gasteiger partial charge is 0.336 e. The third-order valence-corrected chi connectivity index (χ3v) is 7.23. The number of nitrogens with one attached hydrogen (secondary N) is 1. The quantitative estimate of drug-likeness (QED) is 0.472. The Morgan fingerprint density at radius 1 is 0.971 bits per heavy atom. The summed E-state index contributed by atoms with van der Waals surface area (Å²) >= 11 is 0. The van der Waals surface area contributed by atoms with Gasteiger partial charge >= 0.3 is 5.97 Å². The van der Waals surface area contributed by atoms with Gasteiger partial charge in [0.15, 0.2) is 0 Å². The van der Waals surface area contributed by atoms with Gasteiger partial charge < -0.3 is 10.4 Å². The first-order valence-electron chi connectivity index (χ1n) is 11.8. The number of likely N-dealkylation sites (tertiary alicyclic amines) is 1. The first-order valence-corrected chi connectivity index (χ1v) is 11.8. The number of hydrogen-bond donors (Lipinski definition) is 2. The third kappa shape index (κ3) is 5.55. The lowest BCUT2D eigenvalue weighted by Crippen LogP contribution is -2.41. The normalized spacial score (nSPS) is 19.2. The first kappa shape index (κ1) is 26.4. The zero-order valence-corrected chi connectivity index (χ0v) is 20.9. The van der Waals surface area contributed by atoms with Gasteiger partial charge in [-0.15, -0.1) is 24.8 Å². The number of benzene rings is 2. The van der Waals surface area contributed by atoms with Crippen molar-refractivity contribution >= 4 is 41.7 Å². The summed E-state index contributed by atoms with van der Waals surface area (Å²) in [6.45, 7) is 4.94. The fourth-order valence-corrected chi connectivity index (χ4v) is 5.64. The lowest BCUT2D eigenvalue weighted by molar-refractivity contribution is 0.0694. The van der Waals surface area contributed by atoms with E-state index in [1.807, 2.05) is 54.6 Å². The van der Waals surface area contributed by atoms with E-state index in [1.165, 1.54) is 25.7 Å². The summed E-state index contributed by atoms with van der Waals surface area (Å²) in [6, 6.07) is 17.6. The Morgan fingerprint density at radius 3 is 2.41 bits per heavy atom. The number of aromatic nitrogens is 1. The number of pyridine rings is 1. The van der Waals surface area contributed by atoms with E-state index in [1.54, 1.807) is 0 Å². The Labute approximate surface area is 213 Å². The van der Waals surface area contributed by atoms with Crippen LogP contribution in [0.5, 0.6) is 0 Å². The average molecular weight is 502 g/mol. The summed E-state index contributed by atoms with van der Waals surface area (Å²) < 4.78 is 0. The summed E-state index contributed by atoms with van der Waals surface area (Å²) in [5, 5.41) is 14.5. The number of carboxylic acids is 1. The molecule has 2 aliphatic heterocycles. The highest BCUT2D eigenvalue weighted by molar-refractivity contribution is 6.05. The minimum Gasteiger partial charge on any atom is -0.478 e. The lowest BCUT2D eigenvalue weighted by Gasteiger charge is -2.39. The number of fused-ring (bicyclic) bond motifs is 1. The predicted octanol–water partition coefficient (Wildman–Crippen LogP) is 5.66. The molecule has 2 saturated heterocycles.